The zero-order valence-corrected chi connectivity index (χ0v) is 31.8. The van der Waals surface area contributed by atoms with E-state index in [9.17, 15) is 0 Å². The molecule has 9 aromatic rings. The molecule has 0 saturated carbocycles. The molecule has 57 heavy (non-hydrogen) atoms. The topological polar surface area (TPSA) is 81.2 Å². The highest BCUT2D eigenvalue weighted by atomic mass is 16.5. The number of imidazole rings is 3. The van der Waals surface area contributed by atoms with Crippen molar-refractivity contribution in [1.29, 1.82) is 0 Å². The van der Waals surface area contributed by atoms with Crippen molar-refractivity contribution in [2.75, 3.05) is 21.3 Å². The fourth-order valence-corrected chi connectivity index (χ4v) is 6.67. The van der Waals surface area contributed by atoms with Crippen LogP contribution in [-0.4, -0.2) is 50.0 Å². The van der Waals surface area contributed by atoms with Crippen LogP contribution in [0.4, 0.5) is 0 Å². The molecule has 280 valence electrons. The molecule has 9 nitrogen and oxygen atoms in total. The molecule has 9 rings (SSSR count). The Bertz CT molecular complexity index is 2810. The van der Waals surface area contributed by atoms with Crippen LogP contribution in [0.3, 0.4) is 0 Å². The van der Waals surface area contributed by atoms with E-state index in [0.29, 0.717) is 17.2 Å². The number of hydrogen-bond acceptors (Lipinski definition) is 6. The first kappa shape index (κ1) is 36.3. The number of para-hydroxylation sites is 4. The third-order valence-corrected chi connectivity index (χ3v) is 9.50. The lowest BCUT2D eigenvalue weighted by molar-refractivity contribution is 0.324. The van der Waals surface area contributed by atoms with E-state index in [1.54, 1.807) is 27.5 Å². The van der Waals surface area contributed by atoms with Gasteiger partial charge in [0.1, 0.15) is 12.7 Å². The van der Waals surface area contributed by atoms with Gasteiger partial charge >= 0.3 is 0 Å². The third kappa shape index (κ3) is 8.08. The van der Waals surface area contributed by atoms with E-state index in [1.807, 2.05) is 90.4 Å². The predicted molar refractivity (Wildman–Crippen MR) is 230 cm³/mol. The average Bonchev–Trinajstić information content (AvgIpc) is 4.06. The van der Waals surface area contributed by atoms with Gasteiger partial charge in [-0.1, -0.05) is 85.0 Å². The monoisotopic (exact) mass is 748 g/mol. The molecule has 3 aromatic heterocycles. The Balaban J connectivity index is 0.000000160. The fourth-order valence-electron chi connectivity index (χ4n) is 6.67. The van der Waals surface area contributed by atoms with Crippen LogP contribution < -0.4 is 14.2 Å². The molecule has 0 amide bonds. The molecule has 3 heterocycles. The fraction of sp³-hybridized carbons (Fsp3) is 0.0625. The lowest BCUT2D eigenvalue weighted by Crippen LogP contribution is -1.95. The molecule has 6 aromatic carbocycles. The Morgan fingerprint density at radius 2 is 0.930 bits per heavy atom. The van der Waals surface area contributed by atoms with Crippen LogP contribution in [-0.2, 0) is 0 Å². The van der Waals surface area contributed by atoms with E-state index in [-0.39, 0.29) is 0 Å². The molecule has 0 fully saturated rings. The summed E-state index contributed by atoms with van der Waals surface area (Å²) in [6.45, 7) is 0. The summed E-state index contributed by atoms with van der Waals surface area (Å²) in [5.41, 5.74) is 11.7. The smallest absolute Gasteiger partial charge is 0.203 e. The lowest BCUT2D eigenvalue weighted by Gasteiger charge is -2.12. The minimum absolute atomic E-state index is 0.584. The van der Waals surface area contributed by atoms with Crippen LogP contribution in [0.25, 0.3) is 63.4 Å². The van der Waals surface area contributed by atoms with E-state index in [4.69, 9.17) is 14.2 Å². The van der Waals surface area contributed by atoms with Crippen molar-refractivity contribution in [2.45, 2.75) is 0 Å². The standard InChI is InChI=1S/C24H18N4.C24H22N2O3/c1-2-10-24-23(9-1)26-18-28(24)22-8-4-6-20(16-22)12-11-19-5-3-7-21(15-19)27-14-13-25-17-27;1-27-22-14-18(15-23(28-2)24(22)29-3)12-11-17-7-6-8-19(13-17)26-16-25-20-9-4-5-10-21(20)26/h1-18H;4-16H,1-3H3/b2*12-11+. The Labute approximate surface area is 331 Å². The zero-order chi connectivity index (χ0) is 39.0. The zero-order valence-electron chi connectivity index (χ0n) is 31.8. The second-order valence-corrected chi connectivity index (χ2v) is 13.1. The number of aromatic nitrogens is 6. The predicted octanol–water partition coefficient (Wildman–Crippen LogP) is 10.6. The summed E-state index contributed by atoms with van der Waals surface area (Å²) in [4.78, 5) is 13.1. The second kappa shape index (κ2) is 16.8. The van der Waals surface area contributed by atoms with E-state index in [2.05, 4.69) is 121 Å². The first-order valence-corrected chi connectivity index (χ1v) is 18.4. The molecule has 0 unspecified atom stereocenters. The summed E-state index contributed by atoms with van der Waals surface area (Å²) in [7, 11) is 4.83. The number of rotatable bonds is 10. The van der Waals surface area contributed by atoms with Crippen molar-refractivity contribution >= 4 is 46.4 Å². The van der Waals surface area contributed by atoms with Crippen LogP contribution in [0.2, 0.25) is 0 Å². The average molecular weight is 749 g/mol. The quantitative estimate of drug-likeness (QED) is 0.130. The van der Waals surface area contributed by atoms with Gasteiger partial charge in [-0.3, -0.25) is 9.13 Å². The first-order valence-electron chi connectivity index (χ1n) is 18.4. The maximum atomic E-state index is 5.43. The first-order chi connectivity index (χ1) is 28.1. The van der Waals surface area contributed by atoms with Crippen LogP contribution in [0.5, 0.6) is 17.2 Å². The Morgan fingerprint density at radius 1 is 0.456 bits per heavy atom. The van der Waals surface area contributed by atoms with E-state index < -0.39 is 0 Å². The van der Waals surface area contributed by atoms with Gasteiger partial charge in [-0.25, -0.2) is 15.0 Å². The van der Waals surface area contributed by atoms with Gasteiger partial charge < -0.3 is 18.8 Å². The number of benzene rings is 6. The molecule has 0 bridgehead atoms. The van der Waals surface area contributed by atoms with Gasteiger partial charge in [0.25, 0.3) is 0 Å². The van der Waals surface area contributed by atoms with E-state index >= 15 is 0 Å². The lowest BCUT2D eigenvalue weighted by atomic mass is 10.1. The number of hydrogen-bond donors (Lipinski definition) is 0. The summed E-state index contributed by atoms with van der Waals surface area (Å²) >= 11 is 0. The molecule has 9 heteroatoms. The van der Waals surface area contributed by atoms with E-state index in [1.165, 1.54) is 0 Å². The maximum absolute atomic E-state index is 5.43. The van der Waals surface area contributed by atoms with Crippen LogP contribution in [0, 0.1) is 0 Å². The number of ether oxygens (including phenoxy) is 3. The molecule has 0 aliphatic carbocycles. The molecule has 0 saturated heterocycles. The molecular weight excluding hydrogens is 709 g/mol. The van der Waals surface area contributed by atoms with Crippen LogP contribution in [0.15, 0.2) is 165 Å². The van der Waals surface area contributed by atoms with Crippen LogP contribution in [0.1, 0.15) is 22.3 Å². The number of fused-ring (bicyclic) bond motifs is 2. The Morgan fingerprint density at radius 3 is 1.40 bits per heavy atom. The molecule has 0 aliphatic heterocycles. The highest BCUT2D eigenvalue weighted by Gasteiger charge is 2.12. The van der Waals surface area contributed by atoms with Crippen molar-refractivity contribution in [1.82, 2.24) is 28.7 Å². The molecule has 0 spiro atoms. The van der Waals surface area contributed by atoms with Gasteiger partial charge in [0.2, 0.25) is 5.75 Å². The van der Waals surface area contributed by atoms with Crippen molar-refractivity contribution in [3.8, 4) is 34.3 Å². The normalized spacial score (nSPS) is 11.3. The molecule has 0 radical (unpaired) electrons. The SMILES string of the molecule is C(=C\c1cccc(-n2cnc3ccccc32)c1)/c1cccc(-n2ccnc2)c1.COc1cc(/C=C/c2cccc(-n3cnc4ccccc43)c2)cc(OC)c1OC. The van der Waals surface area contributed by atoms with Crippen molar-refractivity contribution < 1.29 is 14.2 Å². The van der Waals surface area contributed by atoms with Crippen LogP contribution >= 0.6 is 0 Å². The van der Waals surface area contributed by atoms with Gasteiger partial charge in [-0.15, -0.1) is 0 Å². The maximum Gasteiger partial charge on any atom is 0.203 e. The highest BCUT2D eigenvalue weighted by molar-refractivity contribution is 5.79. The second-order valence-electron chi connectivity index (χ2n) is 13.1. The number of methoxy groups -OCH3 is 3. The van der Waals surface area contributed by atoms with Gasteiger partial charge in [0, 0.05) is 29.5 Å². The molecular formula is C48H40N6O3. The summed E-state index contributed by atoms with van der Waals surface area (Å²) < 4.78 is 22.5. The van der Waals surface area contributed by atoms with Gasteiger partial charge in [-0.2, -0.15) is 0 Å². The van der Waals surface area contributed by atoms with Crippen molar-refractivity contribution in [3.05, 3.63) is 187 Å². The molecule has 0 atom stereocenters. The van der Waals surface area contributed by atoms with Crippen molar-refractivity contribution in [2.24, 2.45) is 0 Å². The summed E-state index contributed by atoms with van der Waals surface area (Å²) in [5.74, 6) is 1.84. The summed E-state index contributed by atoms with van der Waals surface area (Å²) in [6, 6.07) is 45.3. The van der Waals surface area contributed by atoms with E-state index in [0.717, 1.165) is 61.4 Å². The highest BCUT2D eigenvalue weighted by Crippen LogP contribution is 2.38. The Hall–Kier alpha value is -7.65. The van der Waals surface area contributed by atoms with Crippen molar-refractivity contribution in [3.63, 3.8) is 0 Å². The van der Waals surface area contributed by atoms with Gasteiger partial charge in [0.15, 0.2) is 11.5 Å². The third-order valence-electron chi connectivity index (χ3n) is 9.50. The summed E-state index contributed by atoms with van der Waals surface area (Å²) in [6.07, 6.45) is 17.6. The molecule has 0 aliphatic rings. The van der Waals surface area contributed by atoms with Gasteiger partial charge in [0.05, 0.1) is 49.7 Å². The minimum atomic E-state index is 0.584. The Kier molecular flexibility index (Phi) is 10.7. The molecule has 0 N–H and O–H groups in total. The minimum Gasteiger partial charge on any atom is -0.493 e. The summed E-state index contributed by atoms with van der Waals surface area (Å²) in [5, 5.41) is 0. The number of nitrogens with zero attached hydrogens (tertiary/aromatic N) is 6. The largest absolute Gasteiger partial charge is 0.493 e. The van der Waals surface area contributed by atoms with Gasteiger partial charge in [-0.05, 0) is 95.1 Å².